The van der Waals surface area contributed by atoms with Crippen molar-refractivity contribution in [3.05, 3.63) is 205 Å². The van der Waals surface area contributed by atoms with Gasteiger partial charge in [0.25, 0.3) is 0 Å². The topological polar surface area (TPSA) is 25.8 Å². The smallest absolute Gasteiger partial charge is 0.161 e. The van der Waals surface area contributed by atoms with Gasteiger partial charge in [-0.3, -0.25) is 0 Å². The highest BCUT2D eigenvalue weighted by Crippen LogP contribution is 2.55. The van der Waals surface area contributed by atoms with Gasteiger partial charge in [0.2, 0.25) is 0 Å². The summed E-state index contributed by atoms with van der Waals surface area (Å²) in [6.07, 6.45) is 0. The summed E-state index contributed by atoms with van der Waals surface area (Å²) in [7, 11) is 0. The third-order valence-electron chi connectivity index (χ3n) is 12.1. The number of rotatable bonds is 5. The summed E-state index contributed by atoms with van der Waals surface area (Å²) >= 11 is 0. The van der Waals surface area contributed by atoms with Gasteiger partial charge in [-0.2, -0.15) is 0 Å². The van der Waals surface area contributed by atoms with Crippen LogP contribution in [0.15, 0.2) is 194 Å². The SMILES string of the molecule is CC1(C)c2c(cccc2-c2ccc(-c3nc(-c4ccccc4-c4ccccc4)cc(-c4cccc5ccccc45)n3)c3ccccc23)-c2ccc3ccccc3c21. The highest BCUT2D eigenvalue weighted by atomic mass is 14.9. The molecule has 0 atom stereocenters. The monoisotopic (exact) mass is 726 g/mol. The van der Waals surface area contributed by atoms with Crippen molar-refractivity contribution in [3.8, 4) is 67.3 Å². The molecule has 10 aromatic rings. The maximum Gasteiger partial charge on any atom is 0.161 e. The lowest BCUT2D eigenvalue weighted by atomic mass is 9.77. The van der Waals surface area contributed by atoms with E-state index >= 15 is 0 Å². The van der Waals surface area contributed by atoms with Gasteiger partial charge in [-0.1, -0.05) is 196 Å². The van der Waals surface area contributed by atoms with Crippen molar-refractivity contribution in [3.63, 3.8) is 0 Å². The molecule has 1 aromatic heterocycles. The first kappa shape index (κ1) is 33.2. The zero-order valence-corrected chi connectivity index (χ0v) is 31.9. The molecule has 0 aliphatic heterocycles. The maximum atomic E-state index is 5.44. The molecule has 57 heavy (non-hydrogen) atoms. The Labute approximate surface area is 332 Å². The van der Waals surface area contributed by atoms with Crippen LogP contribution in [0.3, 0.4) is 0 Å². The summed E-state index contributed by atoms with van der Waals surface area (Å²) in [5, 5.41) is 7.28. The van der Waals surface area contributed by atoms with E-state index in [-0.39, 0.29) is 5.41 Å². The van der Waals surface area contributed by atoms with Crippen LogP contribution in [-0.4, -0.2) is 9.97 Å². The fourth-order valence-electron chi connectivity index (χ4n) is 9.57. The number of fused-ring (bicyclic) bond motifs is 7. The molecule has 268 valence electrons. The van der Waals surface area contributed by atoms with Crippen LogP contribution in [0.5, 0.6) is 0 Å². The Balaban J connectivity index is 1.14. The van der Waals surface area contributed by atoms with Crippen molar-refractivity contribution in [2.24, 2.45) is 0 Å². The lowest BCUT2D eigenvalue weighted by Crippen LogP contribution is -2.17. The van der Waals surface area contributed by atoms with Gasteiger partial charge in [0, 0.05) is 22.1 Å². The van der Waals surface area contributed by atoms with E-state index < -0.39 is 0 Å². The third-order valence-corrected chi connectivity index (χ3v) is 12.1. The molecule has 11 rings (SSSR count). The Morgan fingerprint density at radius 1 is 0.316 bits per heavy atom. The zero-order valence-electron chi connectivity index (χ0n) is 31.9. The Kier molecular flexibility index (Phi) is 7.55. The fourth-order valence-corrected chi connectivity index (χ4v) is 9.57. The third kappa shape index (κ3) is 5.25. The molecule has 1 aliphatic rings. The van der Waals surface area contributed by atoms with Crippen LogP contribution in [0.1, 0.15) is 25.0 Å². The average molecular weight is 727 g/mol. The number of hydrogen-bond donors (Lipinski definition) is 0. The minimum Gasteiger partial charge on any atom is -0.228 e. The highest BCUT2D eigenvalue weighted by Gasteiger charge is 2.39. The van der Waals surface area contributed by atoms with Crippen molar-refractivity contribution in [2.75, 3.05) is 0 Å². The maximum absolute atomic E-state index is 5.44. The molecule has 0 saturated carbocycles. The van der Waals surface area contributed by atoms with Gasteiger partial charge in [-0.15, -0.1) is 0 Å². The van der Waals surface area contributed by atoms with Gasteiger partial charge in [0.1, 0.15) is 0 Å². The normalized spacial score (nSPS) is 12.9. The summed E-state index contributed by atoms with van der Waals surface area (Å²) in [6, 6.07) is 70.0. The Morgan fingerprint density at radius 2 is 0.789 bits per heavy atom. The molecule has 0 unspecified atom stereocenters. The van der Waals surface area contributed by atoms with Crippen LogP contribution in [0.2, 0.25) is 0 Å². The molecule has 0 amide bonds. The molecule has 2 nitrogen and oxygen atoms in total. The van der Waals surface area contributed by atoms with Crippen molar-refractivity contribution >= 4 is 32.3 Å². The average Bonchev–Trinajstić information content (AvgIpc) is 3.52. The highest BCUT2D eigenvalue weighted by molar-refractivity contribution is 6.07. The Hall–Kier alpha value is -7.16. The number of hydrogen-bond acceptors (Lipinski definition) is 2. The van der Waals surface area contributed by atoms with Crippen LogP contribution in [-0.2, 0) is 5.41 Å². The molecule has 0 bridgehead atoms. The van der Waals surface area contributed by atoms with Gasteiger partial charge in [0.15, 0.2) is 5.82 Å². The lowest BCUT2D eigenvalue weighted by molar-refractivity contribution is 0.668. The first-order chi connectivity index (χ1) is 28.0. The van der Waals surface area contributed by atoms with E-state index in [9.17, 15) is 0 Å². The van der Waals surface area contributed by atoms with Crippen LogP contribution >= 0.6 is 0 Å². The largest absolute Gasteiger partial charge is 0.228 e. The Bertz CT molecular complexity index is 3210. The molecular formula is C55H38N2. The number of nitrogens with zero attached hydrogens (tertiary/aromatic N) is 2. The van der Waals surface area contributed by atoms with Crippen LogP contribution in [0.25, 0.3) is 99.6 Å². The van der Waals surface area contributed by atoms with Gasteiger partial charge in [-0.05, 0) is 89.0 Å². The van der Waals surface area contributed by atoms with E-state index in [1.807, 2.05) is 0 Å². The first-order valence-electron chi connectivity index (χ1n) is 19.8. The van der Waals surface area contributed by atoms with Crippen molar-refractivity contribution in [1.82, 2.24) is 9.97 Å². The molecule has 9 aromatic carbocycles. The number of aromatic nitrogens is 2. The summed E-state index contributed by atoms with van der Waals surface area (Å²) in [5.41, 5.74) is 15.0. The van der Waals surface area contributed by atoms with Crippen LogP contribution < -0.4 is 0 Å². The van der Waals surface area contributed by atoms with Crippen molar-refractivity contribution in [1.29, 1.82) is 0 Å². The second-order valence-corrected chi connectivity index (χ2v) is 15.7. The molecule has 1 heterocycles. The van der Waals surface area contributed by atoms with Gasteiger partial charge in [-0.25, -0.2) is 9.97 Å². The lowest BCUT2D eigenvalue weighted by Gasteiger charge is -2.26. The predicted octanol–water partition coefficient (Wildman–Crippen LogP) is 14.6. The van der Waals surface area contributed by atoms with E-state index in [1.54, 1.807) is 0 Å². The minimum absolute atomic E-state index is 0.196. The summed E-state index contributed by atoms with van der Waals surface area (Å²) in [4.78, 5) is 10.9. The molecular weight excluding hydrogens is 689 g/mol. The van der Waals surface area contributed by atoms with E-state index in [1.165, 1.54) is 60.3 Å². The second-order valence-electron chi connectivity index (χ2n) is 15.7. The van der Waals surface area contributed by atoms with Crippen LogP contribution in [0, 0.1) is 0 Å². The molecule has 1 aliphatic carbocycles. The minimum atomic E-state index is -0.196. The number of benzene rings is 9. The second kappa shape index (κ2) is 13.0. The van der Waals surface area contributed by atoms with E-state index in [0.29, 0.717) is 5.82 Å². The molecule has 0 saturated heterocycles. The molecule has 0 radical (unpaired) electrons. The van der Waals surface area contributed by atoms with Gasteiger partial charge >= 0.3 is 0 Å². The fraction of sp³-hybridized carbons (Fsp3) is 0.0545. The standard InChI is InChI=1S/C55H38N2/c1-55(2)52-40-23-9-7-19-37(40)30-31-48(52)47-29-15-28-46(53(47)55)43-32-33-49(42-25-12-11-24-41(42)43)54-56-50(44-26-13-10-22-38(44)35-16-4-3-5-17-35)34-51(57-54)45-27-14-20-36-18-6-8-21-39(36)45/h3-34H,1-2H3. The summed E-state index contributed by atoms with van der Waals surface area (Å²) in [6.45, 7) is 4.79. The molecule has 0 N–H and O–H groups in total. The predicted molar refractivity (Wildman–Crippen MR) is 239 cm³/mol. The zero-order chi connectivity index (χ0) is 38.1. The van der Waals surface area contributed by atoms with Crippen molar-refractivity contribution < 1.29 is 0 Å². The quantitative estimate of drug-likeness (QED) is 0.176. The molecule has 0 fully saturated rings. The molecule has 0 spiro atoms. The first-order valence-corrected chi connectivity index (χ1v) is 19.8. The van der Waals surface area contributed by atoms with Gasteiger partial charge < -0.3 is 0 Å². The van der Waals surface area contributed by atoms with E-state index in [4.69, 9.17) is 9.97 Å². The van der Waals surface area contributed by atoms with Crippen molar-refractivity contribution in [2.45, 2.75) is 19.3 Å². The van der Waals surface area contributed by atoms with E-state index in [2.05, 4.69) is 208 Å². The van der Waals surface area contributed by atoms with E-state index in [0.717, 1.165) is 44.6 Å². The van der Waals surface area contributed by atoms with Crippen LogP contribution in [0.4, 0.5) is 0 Å². The summed E-state index contributed by atoms with van der Waals surface area (Å²) in [5.74, 6) is 0.707. The molecule has 2 heteroatoms. The van der Waals surface area contributed by atoms with Gasteiger partial charge in [0.05, 0.1) is 11.4 Å². The summed E-state index contributed by atoms with van der Waals surface area (Å²) < 4.78 is 0. The Morgan fingerprint density at radius 3 is 1.56 bits per heavy atom.